The number of aromatic nitrogens is 2. The molecular formula is C26H37N5O2. The Morgan fingerprint density at radius 1 is 0.970 bits per heavy atom. The number of rotatable bonds is 7. The van der Waals surface area contributed by atoms with Gasteiger partial charge in [0.25, 0.3) is 0 Å². The molecule has 5 rings (SSSR count). The molecule has 0 saturated carbocycles. The SMILES string of the molecule is COc1ccc(C(CN2CCCC2)CN2CCN(c3ncnc4c3[C@H](C)C[C@H]4O)CC2)cc1. The fourth-order valence-corrected chi connectivity index (χ4v) is 5.83. The van der Waals surface area contributed by atoms with Crippen LogP contribution in [0.5, 0.6) is 5.75 Å². The van der Waals surface area contributed by atoms with Crippen molar-refractivity contribution in [2.45, 2.75) is 44.1 Å². The highest BCUT2D eigenvalue weighted by atomic mass is 16.5. The summed E-state index contributed by atoms with van der Waals surface area (Å²) >= 11 is 0. The Kier molecular flexibility index (Phi) is 6.81. The fourth-order valence-electron chi connectivity index (χ4n) is 5.83. The molecule has 0 spiro atoms. The lowest BCUT2D eigenvalue weighted by Crippen LogP contribution is -2.49. The lowest BCUT2D eigenvalue weighted by atomic mass is 9.97. The molecule has 2 aromatic rings. The van der Waals surface area contributed by atoms with Gasteiger partial charge in [0, 0.05) is 50.7 Å². The maximum atomic E-state index is 10.3. The number of benzene rings is 1. The third kappa shape index (κ3) is 4.86. The van der Waals surface area contributed by atoms with Gasteiger partial charge < -0.3 is 19.6 Å². The molecule has 1 N–H and O–H groups in total. The van der Waals surface area contributed by atoms with E-state index in [0.717, 1.165) is 68.5 Å². The quantitative estimate of drug-likeness (QED) is 0.694. The summed E-state index contributed by atoms with van der Waals surface area (Å²) in [6, 6.07) is 8.67. The van der Waals surface area contributed by atoms with E-state index in [4.69, 9.17) is 4.74 Å². The summed E-state index contributed by atoms with van der Waals surface area (Å²) in [4.78, 5) is 16.7. The van der Waals surface area contributed by atoms with Gasteiger partial charge in [-0.25, -0.2) is 9.97 Å². The van der Waals surface area contributed by atoms with E-state index in [2.05, 4.69) is 55.9 Å². The molecule has 3 heterocycles. The lowest BCUT2D eigenvalue weighted by Gasteiger charge is -2.38. The number of hydrogen-bond donors (Lipinski definition) is 1. The Morgan fingerprint density at radius 3 is 2.30 bits per heavy atom. The molecule has 3 aliphatic rings. The van der Waals surface area contributed by atoms with E-state index in [0.29, 0.717) is 11.8 Å². The minimum absolute atomic E-state index is 0.309. The topological polar surface area (TPSA) is 65.0 Å². The monoisotopic (exact) mass is 451 g/mol. The predicted molar refractivity (Wildman–Crippen MR) is 130 cm³/mol. The normalized spacial score (nSPS) is 24.8. The van der Waals surface area contributed by atoms with Gasteiger partial charge in [0.1, 0.15) is 17.9 Å². The zero-order valence-electron chi connectivity index (χ0n) is 20.0. The predicted octanol–water partition coefficient (Wildman–Crippen LogP) is 3.03. The van der Waals surface area contributed by atoms with Crippen molar-refractivity contribution in [3.63, 3.8) is 0 Å². The van der Waals surface area contributed by atoms with Crippen LogP contribution >= 0.6 is 0 Å². The summed E-state index contributed by atoms with van der Waals surface area (Å²) < 4.78 is 5.38. The number of hydrogen-bond acceptors (Lipinski definition) is 7. The van der Waals surface area contributed by atoms with Crippen molar-refractivity contribution < 1.29 is 9.84 Å². The molecule has 0 radical (unpaired) electrons. The summed E-state index contributed by atoms with van der Waals surface area (Å²) in [5.41, 5.74) is 3.39. The molecule has 1 aromatic heterocycles. The van der Waals surface area contributed by atoms with E-state index in [1.165, 1.54) is 31.5 Å². The van der Waals surface area contributed by atoms with Crippen LogP contribution in [0.15, 0.2) is 30.6 Å². The number of likely N-dealkylation sites (tertiary alicyclic amines) is 1. The van der Waals surface area contributed by atoms with Crippen LogP contribution in [0.25, 0.3) is 0 Å². The van der Waals surface area contributed by atoms with Gasteiger partial charge in [0.15, 0.2) is 0 Å². The number of aliphatic hydroxyl groups excluding tert-OH is 1. The summed E-state index contributed by atoms with van der Waals surface area (Å²) in [5, 5.41) is 10.3. The first-order valence-electron chi connectivity index (χ1n) is 12.5. The summed E-state index contributed by atoms with van der Waals surface area (Å²) in [6.45, 7) is 10.8. The van der Waals surface area contributed by atoms with Crippen LogP contribution in [-0.4, -0.2) is 84.3 Å². The molecule has 33 heavy (non-hydrogen) atoms. The van der Waals surface area contributed by atoms with Crippen LogP contribution < -0.4 is 9.64 Å². The van der Waals surface area contributed by atoms with Gasteiger partial charge in [-0.2, -0.15) is 0 Å². The molecule has 2 fully saturated rings. The molecule has 1 unspecified atom stereocenters. The van der Waals surface area contributed by atoms with Crippen molar-refractivity contribution in [3.05, 3.63) is 47.4 Å². The number of piperazine rings is 1. The van der Waals surface area contributed by atoms with Crippen molar-refractivity contribution in [2.24, 2.45) is 0 Å². The van der Waals surface area contributed by atoms with Gasteiger partial charge in [-0.3, -0.25) is 4.90 Å². The van der Waals surface area contributed by atoms with Gasteiger partial charge in [0.05, 0.1) is 18.9 Å². The van der Waals surface area contributed by atoms with Crippen LogP contribution in [0.4, 0.5) is 5.82 Å². The highest BCUT2D eigenvalue weighted by molar-refractivity contribution is 5.53. The summed E-state index contributed by atoms with van der Waals surface area (Å²) in [7, 11) is 1.73. The standard InChI is InChI=1S/C26H37N5O2/c1-19-15-23(32)25-24(19)26(28-18-27-25)31-13-11-30(12-14-31)17-21(16-29-9-3-4-10-29)20-5-7-22(33-2)8-6-20/h5-8,18-19,21,23,32H,3-4,9-17H2,1-2H3/t19-,21?,23-/m1/s1. The number of aliphatic hydroxyl groups is 1. The maximum Gasteiger partial charge on any atom is 0.135 e. The third-order valence-corrected chi connectivity index (χ3v) is 7.69. The minimum atomic E-state index is -0.450. The van der Waals surface area contributed by atoms with E-state index >= 15 is 0 Å². The van der Waals surface area contributed by atoms with E-state index in [1.54, 1.807) is 13.4 Å². The molecule has 7 nitrogen and oxygen atoms in total. The second-order valence-corrected chi connectivity index (χ2v) is 9.91. The summed E-state index contributed by atoms with van der Waals surface area (Å²) in [6.07, 6.45) is 4.57. The molecule has 1 aromatic carbocycles. The smallest absolute Gasteiger partial charge is 0.135 e. The van der Waals surface area contributed by atoms with Crippen LogP contribution in [0, 0.1) is 0 Å². The largest absolute Gasteiger partial charge is 0.497 e. The Bertz CT molecular complexity index is 923. The fraction of sp³-hybridized carbons (Fsp3) is 0.615. The van der Waals surface area contributed by atoms with E-state index in [9.17, 15) is 5.11 Å². The number of fused-ring (bicyclic) bond motifs is 1. The number of nitrogens with zero attached hydrogens (tertiary/aromatic N) is 5. The third-order valence-electron chi connectivity index (χ3n) is 7.69. The average Bonchev–Trinajstić information content (AvgIpc) is 3.47. The maximum absolute atomic E-state index is 10.3. The second-order valence-electron chi connectivity index (χ2n) is 9.91. The van der Waals surface area contributed by atoms with Gasteiger partial charge in [-0.05, 0) is 56.0 Å². The van der Waals surface area contributed by atoms with Crippen molar-refractivity contribution in [2.75, 3.05) is 64.4 Å². The van der Waals surface area contributed by atoms with Crippen molar-refractivity contribution in [1.29, 1.82) is 0 Å². The first-order chi connectivity index (χ1) is 16.1. The van der Waals surface area contributed by atoms with E-state index < -0.39 is 6.10 Å². The van der Waals surface area contributed by atoms with Crippen LogP contribution in [-0.2, 0) is 0 Å². The minimum Gasteiger partial charge on any atom is -0.497 e. The Hall–Kier alpha value is -2.22. The number of ether oxygens (including phenoxy) is 1. The highest BCUT2D eigenvalue weighted by Gasteiger charge is 2.34. The Labute approximate surface area is 197 Å². The molecule has 7 heteroatoms. The average molecular weight is 452 g/mol. The Morgan fingerprint density at radius 2 is 1.64 bits per heavy atom. The number of methoxy groups -OCH3 is 1. The lowest BCUT2D eigenvalue weighted by molar-refractivity contribution is 0.170. The van der Waals surface area contributed by atoms with Crippen molar-refractivity contribution in [3.8, 4) is 5.75 Å². The van der Waals surface area contributed by atoms with Crippen molar-refractivity contribution >= 4 is 5.82 Å². The van der Waals surface area contributed by atoms with Gasteiger partial charge in [-0.1, -0.05) is 19.1 Å². The molecule has 0 bridgehead atoms. The first kappa shape index (κ1) is 22.6. The molecule has 178 valence electrons. The van der Waals surface area contributed by atoms with Gasteiger partial charge >= 0.3 is 0 Å². The molecular weight excluding hydrogens is 414 g/mol. The van der Waals surface area contributed by atoms with Crippen LogP contribution in [0.2, 0.25) is 0 Å². The number of anilines is 1. The van der Waals surface area contributed by atoms with E-state index in [1.807, 2.05) is 0 Å². The molecule has 0 amide bonds. The van der Waals surface area contributed by atoms with Crippen LogP contribution in [0.1, 0.15) is 60.9 Å². The zero-order valence-corrected chi connectivity index (χ0v) is 20.0. The van der Waals surface area contributed by atoms with Gasteiger partial charge in [-0.15, -0.1) is 0 Å². The van der Waals surface area contributed by atoms with Crippen LogP contribution in [0.3, 0.4) is 0 Å². The molecule has 2 aliphatic heterocycles. The molecule has 3 atom stereocenters. The van der Waals surface area contributed by atoms with Crippen molar-refractivity contribution in [1.82, 2.24) is 19.8 Å². The zero-order chi connectivity index (χ0) is 22.8. The van der Waals surface area contributed by atoms with Gasteiger partial charge in [0.2, 0.25) is 0 Å². The second kappa shape index (κ2) is 9.95. The molecule has 2 saturated heterocycles. The Balaban J connectivity index is 1.25. The first-order valence-corrected chi connectivity index (χ1v) is 12.5. The molecule has 1 aliphatic carbocycles. The van der Waals surface area contributed by atoms with E-state index in [-0.39, 0.29) is 0 Å². The highest BCUT2D eigenvalue weighted by Crippen LogP contribution is 2.42. The summed E-state index contributed by atoms with van der Waals surface area (Å²) in [5.74, 6) is 2.76.